The second kappa shape index (κ2) is 7.56. The quantitative estimate of drug-likeness (QED) is 0.749. The molecule has 0 saturated heterocycles. The van der Waals surface area contributed by atoms with Gasteiger partial charge in [0.1, 0.15) is 0 Å². The van der Waals surface area contributed by atoms with Crippen LogP contribution in [0.5, 0.6) is 0 Å². The Bertz CT molecular complexity index is 596. The van der Waals surface area contributed by atoms with Crippen LogP contribution in [0.4, 0.5) is 0 Å². The standard InChI is InChI=1S/C15H23NO4S/c1-4-6-7-10-16(3)21(19,20)13-9-8-12(5-2)14(11-13)15(17)18/h8-9,11H,4-7,10H2,1-3H3,(H,17,18). The van der Waals surface area contributed by atoms with E-state index < -0.39 is 16.0 Å². The van der Waals surface area contributed by atoms with Crippen molar-refractivity contribution in [2.45, 2.75) is 44.4 Å². The second-order valence-corrected chi connectivity index (χ2v) is 7.06. The molecule has 21 heavy (non-hydrogen) atoms. The van der Waals surface area contributed by atoms with Gasteiger partial charge in [-0.1, -0.05) is 32.8 Å². The van der Waals surface area contributed by atoms with E-state index in [4.69, 9.17) is 0 Å². The van der Waals surface area contributed by atoms with E-state index in [-0.39, 0.29) is 10.5 Å². The van der Waals surface area contributed by atoms with Gasteiger partial charge in [0.25, 0.3) is 0 Å². The first kappa shape index (κ1) is 17.7. The van der Waals surface area contributed by atoms with Crippen LogP contribution in [0.25, 0.3) is 0 Å². The number of carbonyl (C=O) groups is 1. The summed E-state index contributed by atoms with van der Waals surface area (Å²) >= 11 is 0. The fraction of sp³-hybridized carbons (Fsp3) is 0.533. The zero-order valence-electron chi connectivity index (χ0n) is 12.8. The zero-order valence-corrected chi connectivity index (χ0v) is 13.6. The van der Waals surface area contributed by atoms with E-state index in [0.29, 0.717) is 18.5 Å². The molecule has 1 aromatic rings. The second-order valence-electron chi connectivity index (χ2n) is 5.01. The highest BCUT2D eigenvalue weighted by molar-refractivity contribution is 7.89. The molecule has 0 radical (unpaired) electrons. The van der Waals surface area contributed by atoms with E-state index >= 15 is 0 Å². The van der Waals surface area contributed by atoms with Crippen molar-refractivity contribution in [3.05, 3.63) is 29.3 Å². The summed E-state index contributed by atoms with van der Waals surface area (Å²) in [7, 11) is -2.10. The van der Waals surface area contributed by atoms with Gasteiger partial charge in [0.15, 0.2) is 0 Å². The number of nitrogens with zero attached hydrogens (tertiary/aromatic N) is 1. The minimum absolute atomic E-state index is 0.0381. The summed E-state index contributed by atoms with van der Waals surface area (Å²) in [5.41, 5.74) is 0.690. The molecule has 1 N–H and O–H groups in total. The number of carboxylic acid groups (broad SMARTS) is 1. The number of aromatic carboxylic acids is 1. The molecular formula is C15H23NO4S. The summed E-state index contributed by atoms with van der Waals surface area (Å²) in [4.78, 5) is 11.3. The maximum absolute atomic E-state index is 12.4. The number of unbranched alkanes of at least 4 members (excludes halogenated alkanes) is 2. The molecule has 0 aliphatic heterocycles. The molecule has 0 unspecified atom stereocenters. The van der Waals surface area contributed by atoms with Crippen LogP contribution in [-0.4, -0.2) is 37.4 Å². The maximum atomic E-state index is 12.4. The smallest absolute Gasteiger partial charge is 0.336 e. The van der Waals surface area contributed by atoms with E-state index in [2.05, 4.69) is 6.92 Å². The van der Waals surface area contributed by atoms with E-state index in [0.717, 1.165) is 19.3 Å². The van der Waals surface area contributed by atoms with Gasteiger partial charge >= 0.3 is 5.97 Å². The Morgan fingerprint density at radius 3 is 2.43 bits per heavy atom. The van der Waals surface area contributed by atoms with Gasteiger partial charge in [-0.15, -0.1) is 0 Å². The van der Waals surface area contributed by atoms with Crippen molar-refractivity contribution < 1.29 is 18.3 Å². The minimum atomic E-state index is -3.63. The Kier molecular flexibility index (Phi) is 6.36. The van der Waals surface area contributed by atoms with Crippen molar-refractivity contribution in [3.8, 4) is 0 Å². The summed E-state index contributed by atoms with van der Waals surface area (Å²) < 4.78 is 26.2. The Hall–Kier alpha value is -1.40. The number of sulfonamides is 1. The number of hydrogen-bond donors (Lipinski definition) is 1. The third-order valence-corrected chi connectivity index (χ3v) is 5.33. The van der Waals surface area contributed by atoms with Gasteiger partial charge in [-0.25, -0.2) is 17.5 Å². The monoisotopic (exact) mass is 313 g/mol. The molecule has 1 aromatic carbocycles. The molecule has 0 atom stereocenters. The molecule has 0 spiro atoms. The number of aryl methyl sites for hydroxylation is 1. The van der Waals surface area contributed by atoms with Gasteiger partial charge in [-0.05, 0) is 30.5 Å². The molecule has 0 heterocycles. The van der Waals surface area contributed by atoms with Crippen LogP contribution in [0.15, 0.2) is 23.1 Å². The molecule has 5 nitrogen and oxygen atoms in total. The van der Waals surface area contributed by atoms with Gasteiger partial charge in [0, 0.05) is 13.6 Å². The summed E-state index contributed by atoms with van der Waals surface area (Å²) in [6.45, 7) is 4.33. The van der Waals surface area contributed by atoms with Crippen LogP contribution >= 0.6 is 0 Å². The van der Waals surface area contributed by atoms with Crippen LogP contribution in [-0.2, 0) is 16.4 Å². The highest BCUT2D eigenvalue weighted by atomic mass is 32.2. The van der Waals surface area contributed by atoms with Crippen LogP contribution in [0.3, 0.4) is 0 Å². The number of benzene rings is 1. The lowest BCUT2D eigenvalue weighted by molar-refractivity contribution is 0.0695. The highest BCUT2D eigenvalue weighted by Crippen LogP contribution is 2.20. The van der Waals surface area contributed by atoms with E-state index in [1.807, 2.05) is 6.92 Å². The fourth-order valence-electron chi connectivity index (χ4n) is 2.11. The topological polar surface area (TPSA) is 74.7 Å². The van der Waals surface area contributed by atoms with E-state index in [1.165, 1.54) is 23.5 Å². The van der Waals surface area contributed by atoms with E-state index in [9.17, 15) is 18.3 Å². The Morgan fingerprint density at radius 2 is 1.90 bits per heavy atom. The molecule has 118 valence electrons. The molecule has 0 saturated carbocycles. The Morgan fingerprint density at radius 1 is 1.24 bits per heavy atom. The minimum Gasteiger partial charge on any atom is -0.478 e. The molecule has 0 aliphatic rings. The van der Waals surface area contributed by atoms with Crippen molar-refractivity contribution in [1.29, 1.82) is 0 Å². The zero-order chi connectivity index (χ0) is 16.0. The van der Waals surface area contributed by atoms with Crippen molar-refractivity contribution >= 4 is 16.0 Å². The normalized spacial score (nSPS) is 11.8. The summed E-state index contributed by atoms with van der Waals surface area (Å²) in [5, 5.41) is 9.19. The first-order valence-corrected chi connectivity index (χ1v) is 8.61. The van der Waals surface area contributed by atoms with Gasteiger partial charge in [0.05, 0.1) is 10.5 Å². The summed E-state index contributed by atoms with van der Waals surface area (Å²) in [6, 6.07) is 4.32. The molecule has 6 heteroatoms. The number of carboxylic acids is 1. The van der Waals surface area contributed by atoms with Crippen LogP contribution in [0, 0.1) is 0 Å². The molecule has 0 fully saturated rings. The first-order valence-electron chi connectivity index (χ1n) is 7.17. The van der Waals surface area contributed by atoms with Crippen LogP contribution < -0.4 is 0 Å². The first-order chi connectivity index (χ1) is 9.84. The van der Waals surface area contributed by atoms with Gasteiger partial charge in [-0.2, -0.15) is 0 Å². The van der Waals surface area contributed by atoms with Gasteiger partial charge in [-0.3, -0.25) is 0 Å². The molecule has 0 amide bonds. The highest BCUT2D eigenvalue weighted by Gasteiger charge is 2.22. The average molecular weight is 313 g/mol. The predicted octanol–water partition coefficient (Wildman–Crippen LogP) is 2.76. The van der Waals surface area contributed by atoms with Crippen molar-refractivity contribution in [2.24, 2.45) is 0 Å². The largest absolute Gasteiger partial charge is 0.478 e. The molecular weight excluding hydrogens is 290 g/mol. The third kappa shape index (κ3) is 4.28. The van der Waals surface area contributed by atoms with Gasteiger partial charge < -0.3 is 5.11 Å². The lowest BCUT2D eigenvalue weighted by Gasteiger charge is -2.18. The summed E-state index contributed by atoms with van der Waals surface area (Å²) in [6.07, 6.45) is 3.33. The van der Waals surface area contributed by atoms with E-state index in [1.54, 1.807) is 6.07 Å². The average Bonchev–Trinajstić information content (AvgIpc) is 2.46. The predicted molar refractivity (Wildman–Crippen MR) is 82.1 cm³/mol. The molecule has 0 aromatic heterocycles. The van der Waals surface area contributed by atoms with Crippen molar-refractivity contribution in [2.75, 3.05) is 13.6 Å². The fourth-order valence-corrected chi connectivity index (χ4v) is 3.34. The lowest BCUT2D eigenvalue weighted by Crippen LogP contribution is -2.28. The van der Waals surface area contributed by atoms with Crippen molar-refractivity contribution in [3.63, 3.8) is 0 Å². The maximum Gasteiger partial charge on any atom is 0.336 e. The van der Waals surface area contributed by atoms with Crippen LogP contribution in [0.1, 0.15) is 49.0 Å². The van der Waals surface area contributed by atoms with Crippen molar-refractivity contribution in [1.82, 2.24) is 4.31 Å². The number of rotatable bonds is 8. The van der Waals surface area contributed by atoms with Gasteiger partial charge in [0.2, 0.25) is 10.0 Å². The SMILES string of the molecule is CCCCCN(C)S(=O)(=O)c1ccc(CC)c(C(=O)O)c1. The summed E-state index contributed by atoms with van der Waals surface area (Å²) in [5.74, 6) is -1.10. The molecule has 1 rings (SSSR count). The lowest BCUT2D eigenvalue weighted by atomic mass is 10.1. The molecule has 0 aliphatic carbocycles. The number of hydrogen-bond acceptors (Lipinski definition) is 3. The Labute approximate surface area is 126 Å². The third-order valence-electron chi connectivity index (χ3n) is 3.48. The molecule has 0 bridgehead atoms. The Balaban J connectivity index is 3.08. The van der Waals surface area contributed by atoms with Crippen LogP contribution in [0.2, 0.25) is 0 Å².